The second-order valence-electron chi connectivity index (χ2n) is 8.66. The normalized spacial score (nSPS) is 15.5. The molecule has 2 aromatic carbocycles. The Labute approximate surface area is 190 Å². The van der Waals surface area contributed by atoms with Crippen LogP contribution in [0.3, 0.4) is 0 Å². The number of rotatable bonds is 7. The van der Waals surface area contributed by atoms with Crippen molar-refractivity contribution in [3.05, 3.63) is 77.0 Å². The molecule has 6 nitrogen and oxygen atoms in total. The van der Waals surface area contributed by atoms with Crippen LogP contribution in [0.5, 0.6) is 0 Å². The molecule has 3 aromatic rings. The van der Waals surface area contributed by atoms with Gasteiger partial charge < -0.3 is 10.1 Å². The molecule has 1 amide bonds. The van der Waals surface area contributed by atoms with Gasteiger partial charge >= 0.3 is 0 Å². The number of amides is 1. The Morgan fingerprint density at radius 1 is 1.09 bits per heavy atom. The molecular formula is C26H32N4O2. The number of morpholine rings is 1. The van der Waals surface area contributed by atoms with Gasteiger partial charge in [-0.3, -0.25) is 14.4 Å². The maximum absolute atomic E-state index is 13.3. The Morgan fingerprint density at radius 3 is 2.56 bits per heavy atom. The molecule has 32 heavy (non-hydrogen) atoms. The summed E-state index contributed by atoms with van der Waals surface area (Å²) < 4.78 is 7.29. The number of aromatic nitrogens is 2. The molecule has 0 saturated carbocycles. The molecule has 1 aliphatic heterocycles. The standard InChI is InChI=1S/C26H32N4O2/c1-19-9-10-23(15-20(19)2)25-24(18-30(28-25)17-22-7-5-4-6-8-22)26(31)27-21(3)16-29-11-13-32-14-12-29/h4-10,15,18,21H,11-14,16-17H2,1-3H3,(H,27,31). The van der Waals surface area contributed by atoms with Crippen molar-refractivity contribution in [2.75, 3.05) is 32.8 Å². The van der Waals surface area contributed by atoms with Gasteiger partial charge in [-0.15, -0.1) is 0 Å². The van der Waals surface area contributed by atoms with Gasteiger partial charge in [0.15, 0.2) is 0 Å². The van der Waals surface area contributed by atoms with Crippen LogP contribution in [0.4, 0.5) is 0 Å². The molecule has 6 heteroatoms. The van der Waals surface area contributed by atoms with Crippen LogP contribution in [0.2, 0.25) is 0 Å². The van der Waals surface area contributed by atoms with Gasteiger partial charge in [-0.05, 0) is 43.5 Å². The van der Waals surface area contributed by atoms with E-state index in [-0.39, 0.29) is 11.9 Å². The second kappa shape index (κ2) is 10.1. The lowest BCUT2D eigenvalue weighted by molar-refractivity contribution is 0.0342. The fourth-order valence-corrected chi connectivity index (χ4v) is 4.06. The van der Waals surface area contributed by atoms with Gasteiger partial charge in [0.25, 0.3) is 5.91 Å². The monoisotopic (exact) mass is 432 g/mol. The minimum Gasteiger partial charge on any atom is -0.379 e. The predicted molar refractivity (Wildman–Crippen MR) is 127 cm³/mol. The third-order valence-electron chi connectivity index (χ3n) is 5.99. The summed E-state index contributed by atoms with van der Waals surface area (Å²) in [6.45, 7) is 11.0. The van der Waals surface area contributed by atoms with E-state index in [9.17, 15) is 4.79 Å². The molecule has 4 rings (SSSR count). The van der Waals surface area contributed by atoms with Gasteiger partial charge in [0.2, 0.25) is 0 Å². The first-order valence-electron chi connectivity index (χ1n) is 11.3. The fraction of sp³-hybridized carbons (Fsp3) is 0.385. The molecule has 0 spiro atoms. The zero-order valence-corrected chi connectivity index (χ0v) is 19.2. The molecule has 0 radical (unpaired) electrons. The highest BCUT2D eigenvalue weighted by Gasteiger charge is 2.21. The smallest absolute Gasteiger partial charge is 0.255 e. The first-order valence-corrected chi connectivity index (χ1v) is 11.3. The van der Waals surface area contributed by atoms with Gasteiger partial charge in [0.05, 0.1) is 25.3 Å². The van der Waals surface area contributed by atoms with E-state index in [0.29, 0.717) is 12.1 Å². The lowest BCUT2D eigenvalue weighted by Gasteiger charge is -2.29. The van der Waals surface area contributed by atoms with Crippen LogP contribution in [0.15, 0.2) is 54.7 Å². The summed E-state index contributed by atoms with van der Waals surface area (Å²) in [6, 6.07) is 16.5. The highest BCUT2D eigenvalue weighted by atomic mass is 16.5. The molecule has 1 atom stereocenters. The van der Waals surface area contributed by atoms with Crippen LogP contribution < -0.4 is 5.32 Å². The summed E-state index contributed by atoms with van der Waals surface area (Å²) in [6.07, 6.45) is 1.87. The van der Waals surface area contributed by atoms with Gasteiger partial charge in [0, 0.05) is 37.4 Å². The van der Waals surface area contributed by atoms with Gasteiger partial charge in [-0.2, -0.15) is 5.10 Å². The number of carbonyl (C=O) groups excluding carboxylic acids is 1. The predicted octanol–water partition coefficient (Wildman–Crippen LogP) is 3.67. The van der Waals surface area contributed by atoms with E-state index in [1.165, 1.54) is 11.1 Å². The van der Waals surface area contributed by atoms with Crippen LogP contribution in [0.1, 0.15) is 34.0 Å². The Kier molecular flexibility index (Phi) is 7.02. The van der Waals surface area contributed by atoms with Crippen molar-refractivity contribution in [2.24, 2.45) is 0 Å². The summed E-state index contributed by atoms with van der Waals surface area (Å²) in [4.78, 5) is 15.6. The first kappa shape index (κ1) is 22.2. The van der Waals surface area contributed by atoms with Crippen molar-refractivity contribution >= 4 is 5.91 Å². The van der Waals surface area contributed by atoms with E-state index in [1.807, 2.05) is 35.1 Å². The molecule has 1 aliphatic rings. The zero-order chi connectivity index (χ0) is 22.5. The number of ether oxygens (including phenoxy) is 1. The lowest BCUT2D eigenvalue weighted by Crippen LogP contribution is -2.46. The quantitative estimate of drug-likeness (QED) is 0.619. The van der Waals surface area contributed by atoms with Gasteiger partial charge in [0.1, 0.15) is 5.69 Å². The Bertz CT molecular complexity index is 1050. The van der Waals surface area contributed by atoms with Crippen molar-refractivity contribution in [1.29, 1.82) is 0 Å². The van der Waals surface area contributed by atoms with E-state index >= 15 is 0 Å². The summed E-state index contributed by atoms with van der Waals surface area (Å²) in [7, 11) is 0. The fourth-order valence-electron chi connectivity index (χ4n) is 4.06. The SMILES string of the molecule is Cc1ccc(-c2nn(Cc3ccccc3)cc2C(=O)NC(C)CN2CCOCC2)cc1C. The van der Waals surface area contributed by atoms with Crippen molar-refractivity contribution < 1.29 is 9.53 Å². The molecule has 1 fully saturated rings. The number of aryl methyl sites for hydroxylation is 2. The van der Waals surface area contributed by atoms with Crippen molar-refractivity contribution in [2.45, 2.75) is 33.4 Å². The maximum Gasteiger partial charge on any atom is 0.255 e. The second-order valence-corrected chi connectivity index (χ2v) is 8.66. The van der Waals surface area contributed by atoms with Crippen molar-refractivity contribution in [3.8, 4) is 11.3 Å². The van der Waals surface area contributed by atoms with Crippen LogP contribution in [0, 0.1) is 13.8 Å². The average molecular weight is 433 g/mol. The Morgan fingerprint density at radius 2 is 1.84 bits per heavy atom. The first-order chi connectivity index (χ1) is 15.5. The van der Waals surface area contributed by atoms with Gasteiger partial charge in [-0.25, -0.2) is 0 Å². The van der Waals surface area contributed by atoms with Crippen molar-refractivity contribution in [3.63, 3.8) is 0 Å². The van der Waals surface area contributed by atoms with Crippen LogP contribution in [-0.4, -0.2) is 59.5 Å². The van der Waals surface area contributed by atoms with E-state index in [1.54, 1.807) is 0 Å². The number of nitrogens with one attached hydrogen (secondary N) is 1. The number of benzene rings is 2. The third kappa shape index (κ3) is 5.44. The highest BCUT2D eigenvalue weighted by Crippen LogP contribution is 2.25. The third-order valence-corrected chi connectivity index (χ3v) is 5.99. The molecule has 1 N–H and O–H groups in total. The molecule has 1 unspecified atom stereocenters. The van der Waals surface area contributed by atoms with E-state index in [0.717, 1.165) is 49.7 Å². The van der Waals surface area contributed by atoms with Crippen LogP contribution in [-0.2, 0) is 11.3 Å². The molecule has 0 aliphatic carbocycles. The van der Waals surface area contributed by atoms with E-state index in [2.05, 4.69) is 55.3 Å². The molecule has 1 saturated heterocycles. The molecule has 0 bridgehead atoms. The largest absolute Gasteiger partial charge is 0.379 e. The molecular weight excluding hydrogens is 400 g/mol. The van der Waals surface area contributed by atoms with Crippen LogP contribution >= 0.6 is 0 Å². The number of hydrogen-bond donors (Lipinski definition) is 1. The maximum atomic E-state index is 13.3. The summed E-state index contributed by atoms with van der Waals surface area (Å²) >= 11 is 0. The minimum absolute atomic E-state index is 0.0330. The zero-order valence-electron chi connectivity index (χ0n) is 19.2. The summed E-state index contributed by atoms with van der Waals surface area (Å²) in [5.74, 6) is -0.0849. The van der Waals surface area contributed by atoms with E-state index < -0.39 is 0 Å². The van der Waals surface area contributed by atoms with Gasteiger partial charge in [-0.1, -0.05) is 42.5 Å². The molecule has 2 heterocycles. The lowest BCUT2D eigenvalue weighted by atomic mass is 10.0. The van der Waals surface area contributed by atoms with Crippen molar-refractivity contribution in [1.82, 2.24) is 20.0 Å². The number of hydrogen-bond acceptors (Lipinski definition) is 4. The molecule has 168 valence electrons. The van der Waals surface area contributed by atoms with Crippen LogP contribution in [0.25, 0.3) is 11.3 Å². The Balaban J connectivity index is 1.57. The minimum atomic E-state index is -0.0849. The summed E-state index contributed by atoms with van der Waals surface area (Å²) in [5, 5.41) is 8.00. The number of nitrogens with zero attached hydrogens (tertiary/aromatic N) is 3. The average Bonchev–Trinajstić information content (AvgIpc) is 3.21. The van der Waals surface area contributed by atoms with E-state index in [4.69, 9.17) is 9.84 Å². The number of carbonyl (C=O) groups is 1. The topological polar surface area (TPSA) is 59.4 Å². The molecule has 1 aromatic heterocycles. The Hall–Kier alpha value is -2.96. The highest BCUT2D eigenvalue weighted by molar-refractivity contribution is 6.00. The summed E-state index contributed by atoms with van der Waals surface area (Å²) in [5.41, 5.74) is 5.85.